The minimum atomic E-state index is -1.08. The van der Waals surface area contributed by atoms with Crippen molar-refractivity contribution in [3.05, 3.63) is 71.8 Å². The average molecular weight is 484 g/mol. The normalized spacial score (nSPS) is 10.8. The first-order valence-electron chi connectivity index (χ1n) is 11.3. The van der Waals surface area contributed by atoms with Crippen molar-refractivity contribution in [2.75, 3.05) is 26.2 Å². The zero-order chi connectivity index (χ0) is 26.1. The van der Waals surface area contributed by atoms with Crippen molar-refractivity contribution >= 4 is 29.9 Å². The summed E-state index contributed by atoms with van der Waals surface area (Å²) in [5.74, 6) is -1.30. The molecule has 0 fully saturated rings. The molecule has 0 aliphatic carbocycles. The van der Waals surface area contributed by atoms with E-state index in [0.717, 1.165) is 36.5 Å². The first-order chi connectivity index (χ1) is 16.7. The fraction of sp³-hybridized carbons (Fsp3) is 0.296. The topological polar surface area (TPSA) is 124 Å². The highest BCUT2D eigenvalue weighted by Gasteiger charge is 2.01. The summed E-state index contributed by atoms with van der Waals surface area (Å²) in [7, 11) is 0. The Labute approximate surface area is 205 Å². The van der Waals surface area contributed by atoms with Crippen molar-refractivity contribution in [3.63, 3.8) is 0 Å². The molecule has 8 heteroatoms. The summed E-state index contributed by atoms with van der Waals surface area (Å²) in [6, 6.07) is 14.4. The Morgan fingerprint density at radius 3 is 1.91 bits per heavy atom. The number of carboxylic acid groups (broad SMARTS) is 2. The molecule has 0 saturated carbocycles. The Morgan fingerprint density at radius 1 is 0.857 bits per heavy atom. The molecule has 0 amide bonds. The molecular formula is C27H33NO7. The van der Waals surface area contributed by atoms with Crippen LogP contribution < -0.4 is 4.74 Å². The predicted octanol–water partition coefficient (Wildman–Crippen LogP) is 4.34. The second kappa shape index (κ2) is 16.7. The predicted molar refractivity (Wildman–Crippen MR) is 135 cm³/mol. The lowest BCUT2D eigenvalue weighted by Gasteiger charge is -2.18. The molecule has 0 saturated heterocycles. The molecule has 35 heavy (non-hydrogen) atoms. The van der Waals surface area contributed by atoms with E-state index in [9.17, 15) is 19.5 Å². The van der Waals surface area contributed by atoms with Crippen LogP contribution in [0.2, 0.25) is 0 Å². The zero-order valence-corrected chi connectivity index (χ0v) is 20.1. The van der Waals surface area contributed by atoms with Crippen LogP contribution >= 0.6 is 0 Å². The molecule has 0 aliphatic heterocycles. The van der Waals surface area contributed by atoms with Gasteiger partial charge in [0.1, 0.15) is 18.1 Å². The number of ketones is 1. The van der Waals surface area contributed by atoms with E-state index in [4.69, 9.17) is 14.9 Å². The monoisotopic (exact) mass is 483 g/mol. The summed E-state index contributed by atoms with van der Waals surface area (Å²) < 4.78 is 5.81. The number of phenols is 1. The maximum atomic E-state index is 12.0. The van der Waals surface area contributed by atoms with Gasteiger partial charge in [-0.1, -0.05) is 50.3 Å². The van der Waals surface area contributed by atoms with Crippen LogP contribution in [0.5, 0.6) is 11.5 Å². The molecule has 0 heterocycles. The number of carboxylic acids is 2. The number of likely N-dealkylation sites (N-methyl/N-ethyl adjacent to an activating group) is 1. The third-order valence-corrected chi connectivity index (χ3v) is 4.73. The van der Waals surface area contributed by atoms with Crippen molar-refractivity contribution in [1.29, 1.82) is 0 Å². The summed E-state index contributed by atoms with van der Waals surface area (Å²) in [4.78, 5) is 33.6. The van der Waals surface area contributed by atoms with Gasteiger partial charge in [0.05, 0.1) is 12.8 Å². The number of phenolic OH excluding ortho intramolecular Hbond substituents is 1. The molecule has 8 nitrogen and oxygen atoms in total. The Kier molecular flexibility index (Phi) is 13.9. The third kappa shape index (κ3) is 14.1. The molecule has 0 radical (unpaired) electrons. The zero-order valence-electron chi connectivity index (χ0n) is 20.1. The van der Waals surface area contributed by atoms with Gasteiger partial charge in [0.15, 0.2) is 5.78 Å². The van der Waals surface area contributed by atoms with Crippen molar-refractivity contribution in [1.82, 2.24) is 4.90 Å². The average Bonchev–Trinajstić information content (AvgIpc) is 2.83. The van der Waals surface area contributed by atoms with Gasteiger partial charge in [-0.25, -0.2) is 0 Å². The lowest BCUT2D eigenvalue weighted by Crippen LogP contribution is -2.27. The van der Waals surface area contributed by atoms with E-state index in [1.54, 1.807) is 30.4 Å². The van der Waals surface area contributed by atoms with Gasteiger partial charge in [-0.2, -0.15) is 0 Å². The Hall–Kier alpha value is -3.91. The fourth-order valence-electron chi connectivity index (χ4n) is 2.80. The smallest absolute Gasteiger partial charge is 0.303 e. The minimum absolute atomic E-state index is 0.119. The summed E-state index contributed by atoms with van der Waals surface area (Å²) in [6.07, 6.45) is 5.86. The first-order valence-corrected chi connectivity index (χ1v) is 11.3. The van der Waals surface area contributed by atoms with Crippen molar-refractivity contribution in [2.24, 2.45) is 0 Å². The number of nitrogens with zero attached hydrogens (tertiary/aromatic N) is 1. The van der Waals surface area contributed by atoms with Crippen molar-refractivity contribution < 1.29 is 34.4 Å². The van der Waals surface area contributed by atoms with Crippen LogP contribution in [0.1, 0.15) is 37.8 Å². The molecule has 0 spiro atoms. The number of aliphatic carboxylic acids is 2. The quantitative estimate of drug-likeness (QED) is 0.359. The molecule has 0 bridgehead atoms. The molecule has 3 N–H and O–H groups in total. The van der Waals surface area contributed by atoms with Crippen LogP contribution in [-0.2, 0) is 14.4 Å². The number of allylic oxidation sites excluding steroid dienone is 2. The van der Waals surface area contributed by atoms with E-state index >= 15 is 0 Å². The van der Waals surface area contributed by atoms with E-state index in [1.807, 2.05) is 30.3 Å². The van der Waals surface area contributed by atoms with Gasteiger partial charge in [-0.15, -0.1) is 0 Å². The Morgan fingerprint density at radius 2 is 1.40 bits per heavy atom. The lowest BCUT2D eigenvalue weighted by atomic mass is 10.1. The summed E-state index contributed by atoms with van der Waals surface area (Å²) in [5.41, 5.74) is 1.69. The van der Waals surface area contributed by atoms with E-state index in [-0.39, 0.29) is 24.4 Å². The number of aromatic hydroxyl groups is 1. The molecule has 0 aliphatic rings. The van der Waals surface area contributed by atoms with Crippen LogP contribution in [0.15, 0.2) is 60.7 Å². The van der Waals surface area contributed by atoms with Gasteiger partial charge >= 0.3 is 11.9 Å². The molecule has 0 unspecified atom stereocenters. The van der Waals surface area contributed by atoms with Gasteiger partial charge in [0.25, 0.3) is 0 Å². The van der Waals surface area contributed by atoms with Crippen LogP contribution in [0.25, 0.3) is 12.2 Å². The lowest BCUT2D eigenvalue weighted by molar-refractivity contribution is -0.143. The SMILES string of the molecule is CCN(CC)CCOc1cccc(/C=C/C(=O)/C=C/c2cccc(O)c2)c1.O=C(O)CCC(=O)O. The number of carbonyl (C=O) groups excluding carboxylic acids is 1. The van der Waals surface area contributed by atoms with Crippen molar-refractivity contribution in [2.45, 2.75) is 26.7 Å². The number of hydrogen-bond acceptors (Lipinski definition) is 6. The highest BCUT2D eigenvalue weighted by Crippen LogP contribution is 2.15. The second-order valence-electron chi connectivity index (χ2n) is 7.40. The van der Waals surface area contributed by atoms with Gasteiger partial charge in [0.2, 0.25) is 0 Å². The Bertz CT molecular complexity index is 996. The van der Waals surface area contributed by atoms with E-state index in [0.29, 0.717) is 6.61 Å². The van der Waals surface area contributed by atoms with Gasteiger partial charge in [0, 0.05) is 6.54 Å². The molecule has 0 aromatic heterocycles. The molecule has 0 atom stereocenters. The highest BCUT2D eigenvalue weighted by atomic mass is 16.5. The molecule has 2 aromatic rings. The molecular weight excluding hydrogens is 450 g/mol. The first kappa shape index (κ1) is 29.1. The standard InChI is InChI=1S/C23H27NO3.C4H6O4/c1-3-24(4-2)15-16-27-23-10-6-8-20(18-23)12-14-21(25)13-11-19-7-5-9-22(26)17-19;5-3(6)1-2-4(7)8/h5-14,17-18,26H,3-4,15-16H2,1-2H3;1-2H2,(H,5,6)(H,7,8)/b13-11+,14-12+;. The number of hydrogen-bond donors (Lipinski definition) is 3. The van der Waals surface area contributed by atoms with Crippen LogP contribution in [0, 0.1) is 0 Å². The number of benzene rings is 2. The number of carbonyl (C=O) groups is 3. The molecule has 2 rings (SSSR count). The highest BCUT2D eigenvalue weighted by molar-refractivity contribution is 6.04. The van der Waals surface area contributed by atoms with Crippen LogP contribution in [0.3, 0.4) is 0 Å². The van der Waals surface area contributed by atoms with E-state index in [1.165, 1.54) is 12.2 Å². The fourth-order valence-corrected chi connectivity index (χ4v) is 2.80. The van der Waals surface area contributed by atoms with E-state index in [2.05, 4.69) is 18.7 Å². The van der Waals surface area contributed by atoms with Gasteiger partial charge in [-0.3, -0.25) is 14.4 Å². The van der Waals surface area contributed by atoms with Gasteiger partial charge in [-0.05, 0) is 60.6 Å². The maximum absolute atomic E-state index is 12.0. The largest absolute Gasteiger partial charge is 0.508 e. The number of ether oxygens (including phenoxy) is 1. The molecule has 2 aromatic carbocycles. The number of rotatable bonds is 13. The second-order valence-corrected chi connectivity index (χ2v) is 7.40. The van der Waals surface area contributed by atoms with Gasteiger partial charge < -0.3 is 25.0 Å². The van der Waals surface area contributed by atoms with Crippen molar-refractivity contribution in [3.8, 4) is 11.5 Å². The summed E-state index contributed by atoms with van der Waals surface area (Å²) in [6.45, 7) is 7.84. The maximum Gasteiger partial charge on any atom is 0.303 e. The van der Waals surface area contributed by atoms with Crippen LogP contribution in [0.4, 0.5) is 0 Å². The van der Waals surface area contributed by atoms with E-state index < -0.39 is 11.9 Å². The molecule has 188 valence electrons. The van der Waals surface area contributed by atoms with Crippen LogP contribution in [-0.4, -0.2) is 64.2 Å². The summed E-state index contributed by atoms with van der Waals surface area (Å²) in [5, 5.41) is 25.2. The Balaban J connectivity index is 0.000000658. The third-order valence-electron chi connectivity index (χ3n) is 4.73. The minimum Gasteiger partial charge on any atom is -0.508 e. The summed E-state index contributed by atoms with van der Waals surface area (Å²) >= 11 is 0.